The molecule has 4 nitrogen and oxygen atoms in total. The first kappa shape index (κ1) is 26.4. The second-order valence-corrected chi connectivity index (χ2v) is 5.88. The van der Waals surface area contributed by atoms with E-state index in [1.54, 1.807) is 0 Å². The van der Waals surface area contributed by atoms with E-state index in [0.717, 1.165) is 0 Å². The van der Waals surface area contributed by atoms with Crippen molar-refractivity contribution in [3.8, 4) is 0 Å². The van der Waals surface area contributed by atoms with Crippen molar-refractivity contribution in [3.63, 3.8) is 0 Å². The zero-order valence-electron chi connectivity index (χ0n) is 12.6. The summed E-state index contributed by atoms with van der Waals surface area (Å²) in [7, 11) is -4.67. The van der Waals surface area contributed by atoms with Crippen LogP contribution < -0.4 is 0 Å². The fraction of sp³-hybridized carbons (Fsp3) is 1.00. The maximum atomic E-state index is 8.74. The van der Waals surface area contributed by atoms with Gasteiger partial charge in [0.15, 0.2) is 0 Å². The number of unbranched alkanes of at least 4 members (excludes halogenated alkanes) is 11. The second kappa shape index (κ2) is 20.5. The quantitative estimate of drug-likeness (QED) is 0.333. The van der Waals surface area contributed by atoms with Crippen molar-refractivity contribution in [2.24, 2.45) is 0 Å². The molecule has 0 aliphatic carbocycles. The summed E-state index contributed by atoms with van der Waals surface area (Å²) in [5.74, 6) is 0. The van der Waals surface area contributed by atoms with Crippen LogP contribution in [0.5, 0.6) is 0 Å². The van der Waals surface area contributed by atoms with E-state index >= 15 is 0 Å². The van der Waals surface area contributed by atoms with Gasteiger partial charge in [-0.15, -0.1) is 0 Å². The van der Waals surface area contributed by atoms with Crippen molar-refractivity contribution >= 4 is 61.8 Å². The van der Waals surface area contributed by atoms with E-state index in [-0.39, 0.29) is 51.4 Å². The van der Waals surface area contributed by atoms with Gasteiger partial charge >= 0.3 is 61.8 Å². The summed E-state index contributed by atoms with van der Waals surface area (Å²) >= 11 is 0. The Bertz CT molecular complexity index is 236. The Kier molecular flexibility index (Phi) is 27.1. The van der Waals surface area contributed by atoms with E-state index in [4.69, 9.17) is 17.5 Å². The molecule has 0 aromatic carbocycles. The van der Waals surface area contributed by atoms with Crippen LogP contribution in [0.2, 0.25) is 0 Å². The third kappa shape index (κ3) is 42.7. The van der Waals surface area contributed by atoms with Crippen molar-refractivity contribution < 1.29 is 17.5 Å². The van der Waals surface area contributed by atoms with E-state index in [9.17, 15) is 0 Å². The molecule has 20 heavy (non-hydrogen) atoms. The number of hydrogen-bond donors (Lipinski definition) is 2. The van der Waals surface area contributed by atoms with E-state index < -0.39 is 10.4 Å². The van der Waals surface area contributed by atoms with Gasteiger partial charge in [0.1, 0.15) is 0 Å². The molecule has 6 heteroatoms. The molecular weight excluding hydrogens is 303 g/mol. The average Bonchev–Trinajstić information content (AvgIpc) is 2.29. The third-order valence-electron chi connectivity index (χ3n) is 2.96. The van der Waals surface area contributed by atoms with Gasteiger partial charge in [0.2, 0.25) is 0 Å². The van der Waals surface area contributed by atoms with Crippen molar-refractivity contribution in [1.82, 2.24) is 0 Å². The van der Waals surface area contributed by atoms with Gasteiger partial charge in [-0.05, 0) is 0 Å². The van der Waals surface area contributed by atoms with Gasteiger partial charge in [0.05, 0.1) is 0 Å². The van der Waals surface area contributed by atoms with Gasteiger partial charge in [0.25, 0.3) is 0 Å². The van der Waals surface area contributed by atoms with Gasteiger partial charge in [-0.2, -0.15) is 8.42 Å². The predicted molar refractivity (Wildman–Crippen MR) is 88.1 cm³/mol. The molecule has 120 valence electrons. The normalized spacial score (nSPS) is 10.4. The zero-order chi connectivity index (χ0) is 15.0. The van der Waals surface area contributed by atoms with Crippen LogP contribution in [-0.2, 0) is 10.4 Å². The van der Waals surface area contributed by atoms with E-state index in [2.05, 4.69) is 13.8 Å². The monoisotopic (exact) mass is 336 g/mol. The van der Waals surface area contributed by atoms with Crippen molar-refractivity contribution in [2.75, 3.05) is 0 Å². The average molecular weight is 337 g/mol. The first-order valence-corrected chi connectivity index (χ1v) is 9.01. The Hall–Kier alpha value is 1.51. The molecule has 0 saturated carbocycles. The summed E-state index contributed by atoms with van der Waals surface area (Å²) in [5, 5.41) is 0. The topological polar surface area (TPSA) is 74.6 Å². The molecule has 0 atom stereocenters. The molecule has 0 aliphatic heterocycles. The number of rotatable bonds is 11. The van der Waals surface area contributed by atoms with Gasteiger partial charge in [0, 0.05) is 0 Å². The van der Waals surface area contributed by atoms with Crippen LogP contribution in [0.4, 0.5) is 0 Å². The minimum atomic E-state index is -4.67. The Labute approximate surface area is 168 Å². The molecule has 2 N–H and O–H groups in total. The Morgan fingerprint density at radius 3 is 0.900 bits per heavy atom. The van der Waals surface area contributed by atoms with Crippen LogP contribution in [0.1, 0.15) is 90.9 Å². The minimum absolute atomic E-state index is 0. The van der Waals surface area contributed by atoms with E-state index in [1.165, 1.54) is 77.0 Å². The van der Waals surface area contributed by atoms with Crippen LogP contribution in [0.3, 0.4) is 0 Å². The maximum absolute atomic E-state index is 8.74. The van der Waals surface area contributed by atoms with Crippen LogP contribution in [-0.4, -0.2) is 68.9 Å². The molecule has 0 unspecified atom stereocenters. The molecule has 0 heterocycles. The van der Waals surface area contributed by atoms with Gasteiger partial charge in [-0.3, -0.25) is 9.11 Å². The molecule has 0 bridgehead atoms. The molecule has 0 aliphatic rings. The van der Waals surface area contributed by atoms with Crippen LogP contribution >= 0.6 is 0 Å². The molecule has 0 spiro atoms. The molecule has 0 amide bonds. The van der Waals surface area contributed by atoms with Crippen molar-refractivity contribution in [1.29, 1.82) is 0 Å². The summed E-state index contributed by atoms with van der Waals surface area (Å²) < 4.78 is 31.6. The number of hydrogen-bond acceptors (Lipinski definition) is 2. The van der Waals surface area contributed by atoms with Gasteiger partial charge in [-0.1, -0.05) is 90.9 Å². The molecular formula is C14H33KO4S. The van der Waals surface area contributed by atoms with E-state index in [1.807, 2.05) is 0 Å². The fourth-order valence-corrected chi connectivity index (χ4v) is 1.91. The second-order valence-electron chi connectivity index (χ2n) is 4.98. The Balaban J connectivity index is -0.000000414. The summed E-state index contributed by atoms with van der Waals surface area (Å²) in [5.41, 5.74) is 0. The molecule has 0 saturated heterocycles. The zero-order valence-corrected chi connectivity index (χ0v) is 13.4. The molecule has 0 radical (unpaired) electrons. The Morgan fingerprint density at radius 1 is 0.600 bits per heavy atom. The Morgan fingerprint density at radius 2 is 0.750 bits per heavy atom. The summed E-state index contributed by atoms with van der Waals surface area (Å²) in [6.45, 7) is 4.57. The molecule has 0 aromatic rings. The standard InChI is InChI=1S/C14H30.K.H2O4S.H/c1-3-5-7-9-11-13-14-12-10-8-6-4-2;;1-5(2,3)4;/h3-14H2,1-2H3;;(H2,1,2,3,4);. The SMILES string of the molecule is CCCCCCCCCCCCCC.O=S(=O)(O)O.[KH]. The summed E-state index contributed by atoms with van der Waals surface area (Å²) in [4.78, 5) is 0. The summed E-state index contributed by atoms with van der Waals surface area (Å²) in [6.07, 6.45) is 17.4. The third-order valence-corrected chi connectivity index (χ3v) is 2.96. The summed E-state index contributed by atoms with van der Waals surface area (Å²) in [6, 6.07) is 0. The van der Waals surface area contributed by atoms with Gasteiger partial charge < -0.3 is 0 Å². The van der Waals surface area contributed by atoms with E-state index in [0.29, 0.717) is 0 Å². The van der Waals surface area contributed by atoms with Crippen molar-refractivity contribution in [3.05, 3.63) is 0 Å². The van der Waals surface area contributed by atoms with Crippen LogP contribution in [0, 0.1) is 0 Å². The fourth-order valence-electron chi connectivity index (χ4n) is 1.91. The first-order valence-electron chi connectivity index (χ1n) is 7.61. The van der Waals surface area contributed by atoms with Crippen LogP contribution in [0.15, 0.2) is 0 Å². The molecule has 0 aromatic heterocycles. The van der Waals surface area contributed by atoms with Gasteiger partial charge in [-0.25, -0.2) is 0 Å². The van der Waals surface area contributed by atoms with Crippen molar-refractivity contribution in [2.45, 2.75) is 90.9 Å². The van der Waals surface area contributed by atoms with Crippen LogP contribution in [0.25, 0.3) is 0 Å². The predicted octanol–water partition coefficient (Wildman–Crippen LogP) is 4.41. The first-order chi connectivity index (χ1) is 8.91. The molecule has 0 rings (SSSR count). The molecule has 0 fully saturated rings.